The molecule has 6 nitrogen and oxygen atoms in total. The summed E-state index contributed by atoms with van der Waals surface area (Å²) >= 11 is 0. The molecule has 6 heteroatoms. The first kappa shape index (κ1) is 16.8. The monoisotopic (exact) mass is 310 g/mol. The largest absolute Gasteiger partial charge is 0.466 e. The number of carbonyl (C=O) groups excluding carboxylic acids is 1. The zero-order chi connectivity index (χ0) is 16.6. The lowest BCUT2D eigenvalue weighted by Crippen LogP contribution is -2.51. The topological polar surface area (TPSA) is 83.7 Å². The second-order valence-electron chi connectivity index (χ2n) is 7.30. The number of ether oxygens (including phenoxy) is 1. The predicted octanol–water partition coefficient (Wildman–Crippen LogP) is 2.13. The molecule has 3 N–H and O–H groups in total. The molecule has 0 spiro atoms. The van der Waals surface area contributed by atoms with E-state index in [4.69, 9.17) is 9.15 Å². The Morgan fingerprint density at radius 3 is 2.64 bits per heavy atom. The summed E-state index contributed by atoms with van der Waals surface area (Å²) in [6.45, 7) is 9.60. The SMILES string of the molecule is CC1(C)CC(NC(=O)NCC(C)(O)c2ccco2)C(C)(C)O1. The van der Waals surface area contributed by atoms with E-state index >= 15 is 0 Å². The van der Waals surface area contributed by atoms with E-state index in [1.165, 1.54) is 6.26 Å². The first-order valence-corrected chi connectivity index (χ1v) is 7.53. The smallest absolute Gasteiger partial charge is 0.315 e. The molecule has 1 aromatic heterocycles. The number of rotatable bonds is 4. The van der Waals surface area contributed by atoms with Crippen LogP contribution >= 0.6 is 0 Å². The molecular weight excluding hydrogens is 284 g/mol. The fourth-order valence-corrected chi connectivity index (χ4v) is 2.92. The van der Waals surface area contributed by atoms with E-state index in [2.05, 4.69) is 10.6 Å². The van der Waals surface area contributed by atoms with Crippen molar-refractivity contribution in [2.75, 3.05) is 6.54 Å². The van der Waals surface area contributed by atoms with Gasteiger partial charge in [0, 0.05) is 0 Å². The summed E-state index contributed by atoms with van der Waals surface area (Å²) in [4.78, 5) is 12.1. The van der Waals surface area contributed by atoms with Crippen LogP contribution in [-0.4, -0.2) is 34.9 Å². The van der Waals surface area contributed by atoms with Gasteiger partial charge in [-0.05, 0) is 53.2 Å². The normalized spacial score (nSPS) is 25.5. The van der Waals surface area contributed by atoms with E-state index in [-0.39, 0.29) is 24.2 Å². The van der Waals surface area contributed by atoms with Gasteiger partial charge in [-0.25, -0.2) is 4.79 Å². The number of urea groups is 1. The Morgan fingerprint density at radius 2 is 2.14 bits per heavy atom. The summed E-state index contributed by atoms with van der Waals surface area (Å²) < 4.78 is 11.1. The summed E-state index contributed by atoms with van der Waals surface area (Å²) in [6.07, 6.45) is 2.23. The molecule has 1 fully saturated rings. The van der Waals surface area contributed by atoms with Crippen molar-refractivity contribution < 1.29 is 19.1 Å². The molecule has 2 heterocycles. The van der Waals surface area contributed by atoms with Gasteiger partial charge >= 0.3 is 6.03 Å². The zero-order valence-corrected chi connectivity index (χ0v) is 13.9. The average Bonchev–Trinajstić information content (AvgIpc) is 2.94. The second-order valence-corrected chi connectivity index (χ2v) is 7.30. The van der Waals surface area contributed by atoms with Crippen molar-refractivity contribution in [1.29, 1.82) is 0 Å². The van der Waals surface area contributed by atoms with Gasteiger partial charge in [0.25, 0.3) is 0 Å². The number of aliphatic hydroxyl groups is 1. The molecule has 22 heavy (non-hydrogen) atoms. The van der Waals surface area contributed by atoms with Crippen LogP contribution < -0.4 is 10.6 Å². The molecule has 1 aliphatic heterocycles. The van der Waals surface area contributed by atoms with E-state index in [0.717, 1.165) is 6.42 Å². The number of amides is 2. The third-order valence-corrected chi connectivity index (χ3v) is 4.02. The molecular formula is C16H26N2O4. The Hall–Kier alpha value is -1.53. The second kappa shape index (κ2) is 5.59. The van der Waals surface area contributed by atoms with E-state index in [1.54, 1.807) is 19.1 Å². The van der Waals surface area contributed by atoms with Crippen LogP contribution in [0.1, 0.15) is 46.8 Å². The van der Waals surface area contributed by atoms with Crippen LogP contribution in [0, 0.1) is 0 Å². The number of nitrogens with one attached hydrogen (secondary N) is 2. The van der Waals surface area contributed by atoms with E-state index < -0.39 is 11.2 Å². The minimum Gasteiger partial charge on any atom is -0.466 e. The van der Waals surface area contributed by atoms with Gasteiger partial charge in [0.05, 0.1) is 30.1 Å². The van der Waals surface area contributed by atoms with Gasteiger partial charge in [-0.15, -0.1) is 0 Å². The minimum atomic E-state index is -1.25. The van der Waals surface area contributed by atoms with Crippen LogP contribution in [-0.2, 0) is 10.3 Å². The van der Waals surface area contributed by atoms with Crippen molar-refractivity contribution in [2.45, 2.75) is 63.9 Å². The zero-order valence-electron chi connectivity index (χ0n) is 13.9. The highest BCUT2D eigenvalue weighted by molar-refractivity contribution is 5.74. The lowest BCUT2D eigenvalue weighted by molar-refractivity contribution is -0.0691. The van der Waals surface area contributed by atoms with Crippen molar-refractivity contribution in [1.82, 2.24) is 10.6 Å². The van der Waals surface area contributed by atoms with Gasteiger partial charge in [-0.3, -0.25) is 0 Å². The van der Waals surface area contributed by atoms with Crippen LogP contribution in [0.5, 0.6) is 0 Å². The molecule has 0 aliphatic carbocycles. The van der Waals surface area contributed by atoms with E-state index in [9.17, 15) is 9.90 Å². The molecule has 2 rings (SSSR count). The van der Waals surface area contributed by atoms with Crippen LogP contribution in [0.3, 0.4) is 0 Å². The summed E-state index contributed by atoms with van der Waals surface area (Å²) in [5, 5.41) is 15.9. The van der Waals surface area contributed by atoms with Crippen LogP contribution in [0.4, 0.5) is 4.79 Å². The fourth-order valence-electron chi connectivity index (χ4n) is 2.92. The highest BCUT2D eigenvalue weighted by Gasteiger charge is 2.46. The van der Waals surface area contributed by atoms with Crippen molar-refractivity contribution in [3.8, 4) is 0 Å². The van der Waals surface area contributed by atoms with Crippen molar-refractivity contribution in [2.24, 2.45) is 0 Å². The quantitative estimate of drug-likeness (QED) is 0.795. The average molecular weight is 310 g/mol. The molecule has 0 radical (unpaired) electrons. The lowest BCUT2D eigenvalue weighted by atomic mass is 9.94. The fraction of sp³-hybridized carbons (Fsp3) is 0.688. The summed E-state index contributed by atoms with van der Waals surface area (Å²) in [6, 6.07) is 2.96. The van der Waals surface area contributed by atoms with Crippen LogP contribution in [0.2, 0.25) is 0 Å². The van der Waals surface area contributed by atoms with Crippen LogP contribution in [0.15, 0.2) is 22.8 Å². The Kier molecular flexibility index (Phi) is 4.28. The van der Waals surface area contributed by atoms with Gasteiger partial charge in [0.15, 0.2) is 0 Å². The van der Waals surface area contributed by atoms with E-state index in [0.29, 0.717) is 5.76 Å². The molecule has 1 aromatic rings. The van der Waals surface area contributed by atoms with Gasteiger partial charge in [0.2, 0.25) is 0 Å². The molecule has 124 valence electrons. The number of carbonyl (C=O) groups is 1. The number of furan rings is 1. The highest BCUT2D eigenvalue weighted by atomic mass is 16.5. The van der Waals surface area contributed by atoms with E-state index in [1.807, 2.05) is 27.7 Å². The maximum atomic E-state index is 12.1. The van der Waals surface area contributed by atoms with Gasteiger partial charge < -0.3 is 24.9 Å². The number of hydrogen-bond acceptors (Lipinski definition) is 4. The molecule has 2 amide bonds. The third-order valence-electron chi connectivity index (χ3n) is 4.02. The third kappa shape index (κ3) is 3.81. The molecule has 0 saturated carbocycles. The first-order chi connectivity index (χ1) is 10.0. The predicted molar refractivity (Wildman–Crippen MR) is 82.5 cm³/mol. The molecule has 2 unspecified atom stereocenters. The number of hydrogen-bond donors (Lipinski definition) is 3. The summed E-state index contributed by atoms with van der Waals surface area (Å²) in [5.74, 6) is 0.415. The Morgan fingerprint density at radius 1 is 1.45 bits per heavy atom. The van der Waals surface area contributed by atoms with Crippen molar-refractivity contribution >= 4 is 6.03 Å². The van der Waals surface area contributed by atoms with Crippen molar-refractivity contribution in [3.05, 3.63) is 24.2 Å². The summed E-state index contributed by atoms with van der Waals surface area (Å²) in [7, 11) is 0. The maximum absolute atomic E-state index is 12.1. The van der Waals surface area contributed by atoms with Gasteiger partial charge in [0.1, 0.15) is 11.4 Å². The standard InChI is InChI=1S/C16H26N2O4/c1-14(2)9-11(15(3,4)22-14)18-13(19)17-10-16(5,20)12-7-6-8-21-12/h6-8,11,20H,9-10H2,1-5H3,(H2,17,18,19). The Balaban J connectivity index is 1.89. The molecule has 0 aromatic carbocycles. The van der Waals surface area contributed by atoms with Gasteiger partial charge in [-0.2, -0.15) is 0 Å². The minimum absolute atomic E-state index is 0.0593. The lowest BCUT2D eigenvalue weighted by Gasteiger charge is -2.28. The Labute approximate surface area is 131 Å². The molecule has 1 aliphatic rings. The Bertz CT molecular complexity index is 520. The first-order valence-electron chi connectivity index (χ1n) is 7.53. The summed E-state index contributed by atoms with van der Waals surface area (Å²) in [5.41, 5.74) is -1.94. The van der Waals surface area contributed by atoms with Crippen LogP contribution in [0.25, 0.3) is 0 Å². The van der Waals surface area contributed by atoms with Gasteiger partial charge in [-0.1, -0.05) is 0 Å². The highest BCUT2D eigenvalue weighted by Crippen LogP contribution is 2.37. The molecule has 0 bridgehead atoms. The molecule has 2 atom stereocenters. The molecule has 1 saturated heterocycles. The maximum Gasteiger partial charge on any atom is 0.315 e. The van der Waals surface area contributed by atoms with Crippen molar-refractivity contribution in [3.63, 3.8) is 0 Å².